The maximum Gasteiger partial charge on any atom is 0.165 e. The van der Waals surface area contributed by atoms with Gasteiger partial charge in [0, 0.05) is 0 Å². The van der Waals surface area contributed by atoms with Crippen molar-refractivity contribution in [3.05, 3.63) is 24.8 Å². The van der Waals surface area contributed by atoms with Crippen LogP contribution < -0.4 is 5.73 Å². The molecule has 1 aliphatic carbocycles. The van der Waals surface area contributed by atoms with Gasteiger partial charge in [0.2, 0.25) is 0 Å². The molecule has 2 atom stereocenters. The number of hydrogen-bond donors (Lipinski definition) is 1. The summed E-state index contributed by atoms with van der Waals surface area (Å²) in [4.78, 5) is 12.4. The van der Waals surface area contributed by atoms with Crippen LogP contribution in [0, 0.1) is 5.92 Å². The average Bonchev–Trinajstić information content (AvgIpc) is 2.84. The van der Waals surface area contributed by atoms with Gasteiger partial charge in [0.25, 0.3) is 0 Å². The third kappa shape index (κ3) is 1.28. The first-order valence-corrected chi connectivity index (χ1v) is 5.37. The number of hydrogen-bond acceptors (Lipinski definition) is 4. The van der Waals surface area contributed by atoms with Crippen molar-refractivity contribution in [2.45, 2.75) is 19.4 Å². The van der Waals surface area contributed by atoms with Crippen LogP contribution in [0.1, 0.15) is 19.4 Å². The molecule has 0 unspecified atom stereocenters. The largest absolute Gasteiger partial charge is 0.382 e. The molecule has 5 heteroatoms. The molecule has 0 radical (unpaired) electrons. The van der Waals surface area contributed by atoms with E-state index in [0.29, 0.717) is 23.3 Å². The number of anilines is 1. The molecule has 0 bridgehead atoms. The Labute approximate surface area is 93.0 Å². The Hall–Kier alpha value is -1.91. The second kappa shape index (κ2) is 3.30. The highest BCUT2D eigenvalue weighted by Gasteiger charge is 2.19. The molecule has 5 nitrogen and oxygen atoms in total. The van der Waals surface area contributed by atoms with Crippen molar-refractivity contribution in [1.82, 2.24) is 19.5 Å². The summed E-state index contributed by atoms with van der Waals surface area (Å²) in [6, 6.07) is 0.342. The minimum atomic E-state index is 0.342. The molecule has 0 aromatic carbocycles. The van der Waals surface area contributed by atoms with E-state index in [1.54, 1.807) is 6.33 Å². The van der Waals surface area contributed by atoms with E-state index in [1.807, 2.05) is 0 Å². The summed E-state index contributed by atoms with van der Waals surface area (Å²) >= 11 is 0. The Balaban J connectivity index is 2.12. The number of imidazole rings is 1. The van der Waals surface area contributed by atoms with Crippen molar-refractivity contribution in [3.63, 3.8) is 0 Å². The van der Waals surface area contributed by atoms with Gasteiger partial charge >= 0.3 is 0 Å². The van der Waals surface area contributed by atoms with Gasteiger partial charge in [0.1, 0.15) is 11.8 Å². The van der Waals surface area contributed by atoms with Crippen LogP contribution in [-0.2, 0) is 0 Å². The lowest BCUT2D eigenvalue weighted by Crippen LogP contribution is -2.05. The molecule has 2 heterocycles. The van der Waals surface area contributed by atoms with Gasteiger partial charge in [0.05, 0.1) is 12.4 Å². The molecule has 1 aliphatic rings. The summed E-state index contributed by atoms with van der Waals surface area (Å²) in [5, 5.41) is 0. The highest BCUT2D eigenvalue weighted by atomic mass is 15.1. The summed E-state index contributed by atoms with van der Waals surface area (Å²) in [5.74, 6) is 1.06. The molecule has 2 aromatic rings. The molecule has 0 saturated carbocycles. The Morgan fingerprint density at radius 3 is 2.94 bits per heavy atom. The molecular formula is C11H13N5. The molecule has 82 valence electrons. The predicted molar refractivity (Wildman–Crippen MR) is 61.7 cm³/mol. The molecular weight excluding hydrogens is 202 g/mol. The van der Waals surface area contributed by atoms with Crippen molar-refractivity contribution >= 4 is 17.0 Å². The standard InChI is InChI=1S/C11H13N5/c1-7-2-3-8(4-7)16-6-15-9-10(12)13-5-14-11(9)16/h2-3,5-8H,4H2,1H3,(H2,12,13,14)/t7-,8+/m0/s1. The fraction of sp³-hybridized carbons (Fsp3) is 0.364. The fourth-order valence-electron chi connectivity index (χ4n) is 2.18. The molecule has 0 spiro atoms. The molecule has 16 heavy (non-hydrogen) atoms. The monoisotopic (exact) mass is 215 g/mol. The Kier molecular flexibility index (Phi) is 1.92. The zero-order valence-corrected chi connectivity index (χ0v) is 9.04. The summed E-state index contributed by atoms with van der Waals surface area (Å²) < 4.78 is 2.06. The van der Waals surface area contributed by atoms with Crippen LogP contribution in [0.3, 0.4) is 0 Å². The maximum atomic E-state index is 5.75. The lowest BCUT2D eigenvalue weighted by Gasteiger charge is -2.11. The minimum Gasteiger partial charge on any atom is -0.382 e. The lowest BCUT2D eigenvalue weighted by atomic mass is 10.1. The van der Waals surface area contributed by atoms with Gasteiger partial charge in [-0.25, -0.2) is 15.0 Å². The van der Waals surface area contributed by atoms with E-state index < -0.39 is 0 Å². The first-order chi connectivity index (χ1) is 7.75. The third-order valence-corrected chi connectivity index (χ3v) is 3.02. The number of aromatic nitrogens is 4. The first kappa shape index (κ1) is 9.33. The van der Waals surface area contributed by atoms with Crippen molar-refractivity contribution in [2.75, 3.05) is 5.73 Å². The van der Waals surface area contributed by atoms with Crippen molar-refractivity contribution in [1.29, 1.82) is 0 Å². The van der Waals surface area contributed by atoms with E-state index in [1.165, 1.54) is 6.33 Å². The van der Waals surface area contributed by atoms with Gasteiger partial charge in [0.15, 0.2) is 11.5 Å². The van der Waals surface area contributed by atoms with Crippen LogP contribution >= 0.6 is 0 Å². The molecule has 0 saturated heterocycles. The molecule has 3 rings (SSSR count). The minimum absolute atomic E-state index is 0.342. The van der Waals surface area contributed by atoms with Crippen LogP contribution in [0.15, 0.2) is 24.8 Å². The topological polar surface area (TPSA) is 69.6 Å². The number of fused-ring (bicyclic) bond motifs is 1. The van der Waals surface area contributed by atoms with Crippen LogP contribution in [0.4, 0.5) is 5.82 Å². The summed E-state index contributed by atoms with van der Waals surface area (Å²) in [6.07, 6.45) is 8.79. The quantitative estimate of drug-likeness (QED) is 0.733. The maximum absolute atomic E-state index is 5.75. The average molecular weight is 215 g/mol. The Morgan fingerprint density at radius 2 is 2.19 bits per heavy atom. The van der Waals surface area contributed by atoms with Crippen molar-refractivity contribution in [2.24, 2.45) is 5.92 Å². The van der Waals surface area contributed by atoms with E-state index in [-0.39, 0.29) is 0 Å². The normalized spacial score (nSPS) is 24.3. The van der Waals surface area contributed by atoms with Crippen molar-refractivity contribution in [3.8, 4) is 0 Å². The van der Waals surface area contributed by atoms with Gasteiger partial charge in [-0.3, -0.25) is 0 Å². The van der Waals surface area contributed by atoms with E-state index in [0.717, 1.165) is 12.1 Å². The van der Waals surface area contributed by atoms with E-state index in [9.17, 15) is 0 Å². The van der Waals surface area contributed by atoms with Crippen LogP contribution in [0.25, 0.3) is 11.2 Å². The number of nitrogens with zero attached hydrogens (tertiary/aromatic N) is 4. The number of allylic oxidation sites excluding steroid dienone is 2. The second-order valence-electron chi connectivity index (χ2n) is 4.25. The summed E-state index contributed by atoms with van der Waals surface area (Å²) in [7, 11) is 0. The van der Waals surface area contributed by atoms with Gasteiger partial charge < -0.3 is 10.3 Å². The molecule has 0 amide bonds. The number of nitrogens with two attached hydrogens (primary N) is 1. The Bertz CT molecular complexity index is 557. The smallest absolute Gasteiger partial charge is 0.165 e. The summed E-state index contributed by atoms with van der Waals surface area (Å²) in [6.45, 7) is 2.21. The second-order valence-corrected chi connectivity index (χ2v) is 4.25. The van der Waals surface area contributed by atoms with E-state index >= 15 is 0 Å². The van der Waals surface area contributed by atoms with Gasteiger partial charge in [-0.2, -0.15) is 0 Å². The SMILES string of the molecule is C[C@H]1C=C[C@@H](n2cnc3c(N)ncnc32)C1. The highest BCUT2D eigenvalue weighted by molar-refractivity contribution is 5.81. The third-order valence-electron chi connectivity index (χ3n) is 3.02. The lowest BCUT2D eigenvalue weighted by molar-refractivity contribution is 0.536. The molecule has 2 aromatic heterocycles. The van der Waals surface area contributed by atoms with Crippen molar-refractivity contribution < 1.29 is 0 Å². The fourth-order valence-corrected chi connectivity index (χ4v) is 2.18. The number of nitrogen functional groups attached to an aromatic ring is 1. The van der Waals surface area contributed by atoms with Crippen LogP contribution in [0.2, 0.25) is 0 Å². The van der Waals surface area contributed by atoms with Gasteiger partial charge in [-0.05, 0) is 12.3 Å². The predicted octanol–water partition coefficient (Wildman–Crippen LogP) is 1.55. The Morgan fingerprint density at radius 1 is 1.31 bits per heavy atom. The summed E-state index contributed by atoms with van der Waals surface area (Å²) in [5.41, 5.74) is 7.26. The van der Waals surface area contributed by atoms with E-state index in [2.05, 4.69) is 38.6 Å². The molecule has 0 aliphatic heterocycles. The van der Waals surface area contributed by atoms with Crippen LogP contribution in [0.5, 0.6) is 0 Å². The number of rotatable bonds is 1. The first-order valence-electron chi connectivity index (χ1n) is 5.37. The van der Waals surface area contributed by atoms with E-state index in [4.69, 9.17) is 5.73 Å². The van der Waals surface area contributed by atoms with Gasteiger partial charge in [-0.1, -0.05) is 19.1 Å². The zero-order chi connectivity index (χ0) is 11.1. The molecule has 2 N–H and O–H groups in total. The van der Waals surface area contributed by atoms with Gasteiger partial charge in [-0.15, -0.1) is 0 Å². The zero-order valence-electron chi connectivity index (χ0n) is 9.04. The van der Waals surface area contributed by atoms with Crippen LogP contribution in [-0.4, -0.2) is 19.5 Å². The molecule has 0 fully saturated rings. The highest BCUT2D eigenvalue weighted by Crippen LogP contribution is 2.29.